The number of fused-ring (bicyclic) bond motifs is 4. The van der Waals surface area contributed by atoms with Crippen molar-refractivity contribution in [2.24, 2.45) is 5.92 Å². The molecule has 0 N–H and O–H groups in total. The summed E-state index contributed by atoms with van der Waals surface area (Å²) >= 11 is 0. The number of hydrogen-bond donors (Lipinski definition) is 0. The maximum atomic E-state index is 2.43. The van der Waals surface area contributed by atoms with Crippen molar-refractivity contribution in [1.82, 2.24) is 4.57 Å². The zero-order valence-corrected chi connectivity index (χ0v) is 27.4. The number of aromatic nitrogens is 1. The number of nitrogens with zero attached hydrogens (tertiary/aromatic N) is 1. The van der Waals surface area contributed by atoms with Gasteiger partial charge >= 0.3 is 0 Å². The van der Waals surface area contributed by atoms with E-state index in [-0.39, 0.29) is 5.41 Å². The molecule has 234 valence electrons. The summed E-state index contributed by atoms with van der Waals surface area (Å²) in [5.41, 5.74) is 10.0. The lowest BCUT2D eigenvalue weighted by molar-refractivity contribution is 0.377. The van der Waals surface area contributed by atoms with E-state index in [1.165, 1.54) is 66.1 Å². The third-order valence-corrected chi connectivity index (χ3v) is 10.7. The van der Waals surface area contributed by atoms with E-state index >= 15 is 0 Å². The van der Waals surface area contributed by atoms with Crippen LogP contribution in [0.3, 0.4) is 0 Å². The molecule has 0 aliphatic heterocycles. The van der Waals surface area contributed by atoms with Gasteiger partial charge in [0, 0.05) is 21.6 Å². The van der Waals surface area contributed by atoms with Crippen LogP contribution in [-0.2, 0) is 11.8 Å². The topological polar surface area (TPSA) is 4.93 Å². The summed E-state index contributed by atoms with van der Waals surface area (Å²) in [5, 5.41) is 5.07. The molecule has 7 aromatic carbocycles. The van der Waals surface area contributed by atoms with Gasteiger partial charge in [-0.25, -0.2) is 0 Å². The molecule has 1 aliphatic rings. The highest BCUT2D eigenvalue weighted by Gasteiger charge is 2.40. The molecule has 0 amide bonds. The minimum atomic E-state index is -0.193. The second-order valence-corrected chi connectivity index (χ2v) is 13.3. The van der Waals surface area contributed by atoms with Gasteiger partial charge < -0.3 is 4.57 Å². The molecule has 0 saturated carbocycles. The van der Waals surface area contributed by atoms with Gasteiger partial charge in [-0.1, -0.05) is 176 Å². The average molecular weight is 628 g/mol. The van der Waals surface area contributed by atoms with Gasteiger partial charge in [0.05, 0.1) is 16.7 Å². The van der Waals surface area contributed by atoms with Crippen molar-refractivity contribution in [1.29, 1.82) is 0 Å². The standard InChI is InChI=1S/C48H37N/c1-4-16-37(17-5-1)48(38-18-6-2-7-19-38,39-20-8-3-9-21-39)34-35-30-32-36(33-31-35)40-24-14-26-42-41(40)25-15-29-47(42)49-45-27-12-10-22-43(45)44-23-11-13-28-46(44)49/h1-20,22-33,39H,21,34H2. The Morgan fingerprint density at radius 1 is 0.490 bits per heavy atom. The Morgan fingerprint density at radius 3 is 1.69 bits per heavy atom. The quantitative estimate of drug-likeness (QED) is 0.166. The van der Waals surface area contributed by atoms with Gasteiger partial charge in [0.15, 0.2) is 0 Å². The first-order valence-corrected chi connectivity index (χ1v) is 17.4. The van der Waals surface area contributed by atoms with E-state index in [4.69, 9.17) is 0 Å². The molecule has 1 unspecified atom stereocenters. The Hall–Kier alpha value is -5.92. The van der Waals surface area contributed by atoms with Crippen molar-refractivity contribution in [3.8, 4) is 16.8 Å². The molecule has 1 heteroatoms. The van der Waals surface area contributed by atoms with Gasteiger partial charge in [0.1, 0.15) is 0 Å². The van der Waals surface area contributed by atoms with Crippen LogP contribution in [-0.4, -0.2) is 4.57 Å². The minimum Gasteiger partial charge on any atom is -0.309 e. The van der Waals surface area contributed by atoms with Crippen molar-refractivity contribution in [2.75, 3.05) is 0 Å². The van der Waals surface area contributed by atoms with Crippen LogP contribution in [0.2, 0.25) is 0 Å². The highest BCUT2D eigenvalue weighted by Crippen LogP contribution is 2.46. The third-order valence-electron chi connectivity index (χ3n) is 10.7. The van der Waals surface area contributed by atoms with Crippen molar-refractivity contribution < 1.29 is 0 Å². The highest BCUT2D eigenvalue weighted by molar-refractivity contribution is 6.11. The van der Waals surface area contributed by atoms with Gasteiger partial charge in [0.25, 0.3) is 0 Å². The Labute approximate surface area is 288 Å². The van der Waals surface area contributed by atoms with Crippen molar-refractivity contribution in [2.45, 2.75) is 18.3 Å². The van der Waals surface area contributed by atoms with Gasteiger partial charge in [-0.15, -0.1) is 0 Å². The lowest BCUT2D eigenvalue weighted by Gasteiger charge is -2.42. The van der Waals surface area contributed by atoms with E-state index in [0.29, 0.717) is 5.92 Å². The SMILES string of the molecule is C1=CCC(C(Cc2ccc(-c3cccc4c(-n5c6ccccc6c6ccccc65)cccc34)cc2)(c2ccccc2)c2ccccc2)C=C1. The molecule has 1 aromatic heterocycles. The number of rotatable bonds is 7. The Balaban J connectivity index is 1.15. The lowest BCUT2D eigenvalue weighted by atomic mass is 9.61. The maximum Gasteiger partial charge on any atom is 0.0541 e. The fraction of sp³-hybridized carbons (Fsp3) is 0.0833. The number of para-hydroxylation sites is 2. The molecule has 1 atom stereocenters. The van der Waals surface area contributed by atoms with Gasteiger partial charge in [-0.05, 0) is 70.2 Å². The van der Waals surface area contributed by atoms with Crippen molar-refractivity contribution in [3.63, 3.8) is 0 Å². The molecule has 1 nitrogen and oxygen atoms in total. The van der Waals surface area contributed by atoms with E-state index < -0.39 is 0 Å². The van der Waals surface area contributed by atoms with Crippen LogP contribution in [0.1, 0.15) is 23.1 Å². The summed E-state index contributed by atoms with van der Waals surface area (Å²) in [6.45, 7) is 0. The van der Waals surface area contributed by atoms with Crippen molar-refractivity contribution in [3.05, 3.63) is 211 Å². The van der Waals surface area contributed by atoms with Gasteiger partial charge in [-0.2, -0.15) is 0 Å². The van der Waals surface area contributed by atoms with Crippen LogP contribution in [0.25, 0.3) is 49.4 Å². The molecule has 9 rings (SSSR count). The largest absolute Gasteiger partial charge is 0.309 e. The second kappa shape index (κ2) is 12.3. The smallest absolute Gasteiger partial charge is 0.0541 e. The maximum absolute atomic E-state index is 2.43. The lowest BCUT2D eigenvalue weighted by Crippen LogP contribution is -2.38. The molecule has 49 heavy (non-hydrogen) atoms. The zero-order valence-electron chi connectivity index (χ0n) is 27.4. The molecule has 1 heterocycles. The molecule has 1 aliphatic carbocycles. The van der Waals surface area contributed by atoms with Crippen LogP contribution in [0.15, 0.2) is 194 Å². The van der Waals surface area contributed by atoms with E-state index in [2.05, 4.69) is 199 Å². The molecule has 0 bridgehead atoms. The molecule has 8 aromatic rings. The molecular formula is C48H37N. The molecule has 0 spiro atoms. The summed E-state index contributed by atoms with van der Waals surface area (Å²) in [7, 11) is 0. The zero-order chi connectivity index (χ0) is 32.6. The first kappa shape index (κ1) is 29.2. The van der Waals surface area contributed by atoms with Crippen LogP contribution in [0, 0.1) is 5.92 Å². The van der Waals surface area contributed by atoms with E-state index in [0.717, 1.165) is 12.8 Å². The van der Waals surface area contributed by atoms with E-state index in [1.54, 1.807) is 0 Å². The summed E-state index contributed by atoms with van der Waals surface area (Å²) in [6.07, 6.45) is 11.1. The van der Waals surface area contributed by atoms with E-state index in [1.807, 2.05) is 0 Å². The van der Waals surface area contributed by atoms with Gasteiger partial charge in [-0.3, -0.25) is 0 Å². The Morgan fingerprint density at radius 2 is 1.06 bits per heavy atom. The number of allylic oxidation sites excluding steroid dienone is 4. The second-order valence-electron chi connectivity index (χ2n) is 13.3. The Bertz CT molecular complexity index is 2390. The summed E-state index contributed by atoms with van der Waals surface area (Å²) in [5.74, 6) is 0.347. The van der Waals surface area contributed by atoms with Crippen LogP contribution < -0.4 is 0 Å². The predicted octanol–water partition coefficient (Wildman–Crippen LogP) is 12.3. The summed E-state index contributed by atoms with van der Waals surface area (Å²) < 4.78 is 2.43. The highest BCUT2D eigenvalue weighted by atomic mass is 15.0. The van der Waals surface area contributed by atoms with Gasteiger partial charge in [0.2, 0.25) is 0 Å². The fourth-order valence-electron chi connectivity index (χ4n) is 8.39. The number of hydrogen-bond acceptors (Lipinski definition) is 0. The minimum absolute atomic E-state index is 0.193. The molecular weight excluding hydrogens is 591 g/mol. The van der Waals surface area contributed by atoms with Crippen molar-refractivity contribution >= 4 is 32.6 Å². The Kier molecular flexibility index (Phi) is 7.32. The third kappa shape index (κ3) is 4.93. The van der Waals surface area contributed by atoms with Crippen LogP contribution >= 0.6 is 0 Å². The first-order chi connectivity index (χ1) is 24.3. The van der Waals surface area contributed by atoms with E-state index in [9.17, 15) is 0 Å². The predicted molar refractivity (Wildman–Crippen MR) is 207 cm³/mol. The average Bonchev–Trinajstić information content (AvgIpc) is 3.52. The molecule has 0 fully saturated rings. The molecule has 0 saturated heterocycles. The molecule has 0 radical (unpaired) electrons. The van der Waals surface area contributed by atoms with Crippen LogP contribution in [0.5, 0.6) is 0 Å². The normalized spacial score (nSPS) is 14.6. The number of benzene rings is 7. The fourth-order valence-corrected chi connectivity index (χ4v) is 8.39. The summed E-state index contributed by atoms with van der Waals surface area (Å²) in [6, 6.07) is 62.6. The van der Waals surface area contributed by atoms with Crippen LogP contribution in [0.4, 0.5) is 0 Å². The monoisotopic (exact) mass is 627 g/mol. The summed E-state index contributed by atoms with van der Waals surface area (Å²) in [4.78, 5) is 0. The first-order valence-electron chi connectivity index (χ1n) is 17.4.